The lowest BCUT2D eigenvalue weighted by Gasteiger charge is -2.17. The van der Waals surface area contributed by atoms with Crippen LogP contribution < -0.4 is 15.4 Å². The van der Waals surface area contributed by atoms with Gasteiger partial charge in [0.15, 0.2) is 0 Å². The molecule has 2 amide bonds. The van der Waals surface area contributed by atoms with Crippen LogP contribution in [0, 0.1) is 0 Å². The fourth-order valence-electron chi connectivity index (χ4n) is 4.01. The summed E-state index contributed by atoms with van der Waals surface area (Å²) in [6.07, 6.45) is 6.52. The van der Waals surface area contributed by atoms with E-state index in [0.717, 1.165) is 6.42 Å². The molecule has 2 aromatic heterocycles. The van der Waals surface area contributed by atoms with E-state index in [-0.39, 0.29) is 23.7 Å². The summed E-state index contributed by atoms with van der Waals surface area (Å²) in [5.41, 5.74) is 0.773. The van der Waals surface area contributed by atoms with Gasteiger partial charge in [0, 0.05) is 44.8 Å². The summed E-state index contributed by atoms with van der Waals surface area (Å²) >= 11 is 5.96. The molecule has 186 valence electrons. The molecule has 2 fully saturated rings. The molecule has 0 spiro atoms. The van der Waals surface area contributed by atoms with Gasteiger partial charge in [0.05, 0.1) is 25.2 Å². The minimum Gasteiger partial charge on any atom is -0.480 e. The van der Waals surface area contributed by atoms with Crippen LogP contribution in [0.1, 0.15) is 23.3 Å². The van der Waals surface area contributed by atoms with E-state index in [9.17, 15) is 14.0 Å². The molecule has 0 bridgehead atoms. The average Bonchev–Trinajstić information content (AvgIpc) is 3.49. The summed E-state index contributed by atoms with van der Waals surface area (Å²) in [6.45, 7) is 2.67. The van der Waals surface area contributed by atoms with E-state index in [1.807, 2.05) is 4.90 Å². The molecule has 35 heavy (non-hydrogen) atoms. The number of anilines is 2. The van der Waals surface area contributed by atoms with Gasteiger partial charge in [0.1, 0.15) is 16.9 Å². The lowest BCUT2D eigenvalue weighted by Crippen LogP contribution is -2.32. The molecule has 0 aromatic carbocycles. The molecule has 2 N–H and O–H groups in total. The maximum atomic E-state index is 13.2. The quantitative estimate of drug-likeness (QED) is 0.528. The first-order chi connectivity index (χ1) is 16.9. The first-order valence-electron chi connectivity index (χ1n) is 11.3. The molecular weight excluding hydrogens is 477 g/mol. The predicted molar refractivity (Wildman–Crippen MR) is 129 cm³/mol. The van der Waals surface area contributed by atoms with Crippen LogP contribution in [0.4, 0.5) is 16.0 Å². The second-order valence-corrected chi connectivity index (χ2v) is 8.81. The SMILES string of the molecule is COc1nc(NC2CCN(C(=O)c3ccc(NC(=O)/C=C/CN4CCC(F)C4)cn3)C2)ncc1Cl. The maximum absolute atomic E-state index is 13.2. The van der Waals surface area contributed by atoms with Gasteiger partial charge in [-0.05, 0) is 25.0 Å². The third kappa shape index (κ3) is 6.64. The zero-order valence-electron chi connectivity index (χ0n) is 19.3. The highest BCUT2D eigenvalue weighted by Crippen LogP contribution is 2.23. The number of rotatable bonds is 8. The summed E-state index contributed by atoms with van der Waals surface area (Å²) in [4.78, 5) is 41.2. The van der Waals surface area contributed by atoms with Crippen LogP contribution in [-0.4, -0.2) is 88.6 Å². The minimum absolute atomic E-state index is 0.0217. The van der Waals surface area contributed by atoms with Crippen molar-refractivity contribution in [1.82, 2.24) is 24.8 Å². The van der Waals surface area contributed by atoms with Gasteiger partial charge in [-0.1, -0.05) is 17.7 Å². The highest BCUT2D eigenvalue weighted by Gasteiger charge is 2.28. The third-order valence-corrected chi connectivity index (χ3v) is 6.07. The van der Waals surface area contributed by atoms with Gasteiger partial charge in [-0.15, -0.1) is 0 Å². The minimum atomic E-state index is -0.783. The number of alkyl halides is 1. The normalized spacial score (nSPS) is 20.4. The molecule has 4 rings (SSSR count). The smallest absolute Gasteiger partial charge is 0.272 e. The number of nitrogens with zero attached hydrogens (tertiary/aromatic N) is 5. The van der Waals surface area contributed by atoms with Crippen LogP contribution in [0.2, 0.25) is 5.02 Å². The Hall–Kier alpha value is -3.31. The van der Waals surface area contributed by atoms with Crippen LogP contribution in [0.5, 0.6) is 5.88 Å². The first-order valence-corrected chi connectivity index (χ1v) is 11.7. The number of ether oxygens (including phenoxy) is 1. The van der Waals surface area contributed by atoms with Crippen LogP contribution in [0.3, 0.4) is 0 Å². The van der Waals surface area contributed by atoms with Crippen LogP contribution in [0.25, 0.3) is 0 Å². The monoisotopic (exact) mass is 503 g/mol. The lowest BCUT2D eigenvalue weighted by molar-refractivity contribution is -0.111. The van der Waals surface area contributed by atoms with Crippen molar-refractivity contribution in [1.29, 1.82) is 0 Å². The largest absolute Gasteiger partial charge is 0.480 e. The van der Waals surface area contributed by atoms with Crippen molar-refractivity contribution in [2.45, 2.75) is 25.1 Å². The summed E-state index contributed by atoms with van der Waals surface area (Å²) in [5.74, 6) is 0.156. The summed E-state index contributed by atoms with van der Waals surface area (Å²) in [7, 11) is 1.48. The van der Waals surface area contributed by atoms with Gasteiger partial charge < -0.3 is 20.3 Å². The topological polar surface area (TPSA) is 113 Å². The number of halogens is 2. The van der Waals surface area contributed by atoms with Gasteiger partial charge in [0.2, 0.25) is 17.7 Å². The molecule has 2 aliphatic rings. The zero-order valence-corrected chi connectivity index (χ0v) is 20.0. The van der Waals surface area contributed by atoms with Gasteiger partial charge in [-0.3, -0.25) is 14.5 Å². The van der Waals surface area contributed by atoms with Gasteiger partial charge in [0.25, 0.3) is 5.91 Å². The Bertz CT molecular complexity index is 1090. The molecule has 2 saturated heterocycles. The summed E-state index contributed by atoms with van der Waals surface area (Å²) < 4.78 is 18.3. The number of nitrogens with one attached hydrogen (secondary N) is 2. The van der Waals surface area contributed by atoms with E-state index in [1.54, 1.807) is 23.1 Å². The molecular formula is C23H27ClFN7O3. The molecule has 0 radical (unpaired) electrons. The molecule has 10 nitrogen and oxygen atoms in total. The molecule has 2 aromatic rings. The summed E-state index contributed by atoms with van der Waals surface area (Å²) in [6, 6.07) is 3.20. The Morgan fingerprint density at radius 2 is 2.09 bits per heavy atom. The molecule has 0 aliphatic carbocycles. The molecule has 2 atom stereocenters. The van der Waals surface area contributed by atoms with E-state index < -0.39 is 6.17 Å². The Morgan fingerprint density at radius 3 is 2.80 bits per heavy atom. The number of likely N-dealkylation sites (tertiary alicyclic amines) is 2. The second kappa shape index (κ2) is 11.4. The van der Waals surface area contributed by atoms with Gasteiger partial charge in [-0.2, -0.15) is 4.98 Å². The first kappa shape index (κ1) is 24.8. The molecule has 12 heteroatoms. The van der Waals surface area contributed by atoms with Crippen molar-refractivity contribution in [2.24, 2.45) is 0 Å². The van der Waals surface area contributed by atoms with Crippen molar-refractivity contribution in [3.63, 3.8) is 0 Å². The summed E-state index contributed by atoms with van der Waals surface area (Å²) in [5, 5.41) is 6.23. The van der Waals surface area contributed by atoms with Crippen LogP contribution in [-0.2, 0) is 4.79 Å². The number of amides is 2. The van der Waals surface area contributed by atoms with E-state index in [2.05, 4.69) is 25.6 Å². The fraction of sp³-hybridized carbons (Fsp3) is 0.435. The van der Waals surface area contributed by atoms with E-state index in [1.165, 1.54) is 25.6 Å². The standard InChI is InChI=1S/C23H27ClFN7O3/c1-35-21-18(24)12-27-23(30-21)29-17-7-10-32(14-17)22(34)19-5-4-16(11-26-19)28-20(33)3-2-8-31-9-6-15(25)13-31/h2-5,11-12,15,17H,6-10,13-14H2,1H3,(H,28,33)(H,27,29,30)/b3-2+. The number of methoxy groups -OCH3 is 1. The van der Waals surface area contributed by atoms with Crippen molar-refractivity contribution in [3.8, 4) is 5.88 Å². The Kier molecular flexibility index (Phi) is 8.09. The Labute approximate surface area is 207 Å². The Balaban J connectivity index is 1.25. The zero-order chi connectivity index (χ0) is 24.8. The molecule has 2 unspecified atom stereocenters. The number of aromatic nitrogens is 3. The third-order valence-electron chi connectivity index (χ3n) is 5.81. The van der Waals surface area contributed by atoms with E-state index in [0.29, 0.717) is 61.5 Å². The van der Waals surface area contributed by atoms with Crippen molar-refractivity contribution in [3.05, 3.63) is 47.4 Å². The van der Waals surface area contributed by atoms with Gasteiger partial charge >= 0.3 is 0 Å². The number of hydrogen-bond acceptors (Lipinski definition) is 8. The van der Waals surface area contributed by atoms with E-state index >= 15 is 0 Å². The van der Waals surface area contributed by atoms with Crippen molar-refractivity contribution < 1.29 is 18.7 Å². The van der Waals surface area contributed by atoms with Crippen LogP contribution in [0.15, 0.2) is 36.7 Å². The molecule has 4 heterocycles. The second-order valence-electron chi connectivity index (χ2n) is 8.40. The number of pyridine rings is 1. The predicted octanol–water partition coefficient (Wildman–Crippen LogP) is 2.40. The highest BCUT2D eigenvalue weighted by atomic mass is 35.5. The lowest BCUT2D eigenvalue weighted by atomic mass is 10.3. The van der Waals surface area contributed by atoms with Crippen molar-refractivity contribution >= 4 is 35.1 Å². The molecule has 0 saturated carbocycles. The van der Waals surface area contributed by atoms with E-state index in [4.69, 9.17) is 16.3 Å². The number of hydrogen-bond donors (Lipinski definition) is 2. The van der Waals surface area contributed by atoms with Crippen LogP contribution >= 0.6 is 11.6 Å². The average molecular weight is 504 g/mol. The van der Waals surface area contributed by atoms with Gasteiger partial charge in [-0.25, -0.2) is 14.4 Å². The number of carbonyl (C=O) groups excluding carboxylic acids is 2. The fourth-order valence-corrected chi connectivity index (χ4v) is 4.18. The number of carbonyl (C=O) groups is 2. The van der Waals surface area contributed by atoms with Crippen molar-refractivity contribution in [2.75, 3.05) is 50.5 Å². The Morgan fingerprint density at radius 1 is 1.23 bits per heavy atom. The molecule has 2 aliphatic heterocycles. The maximum Gasteiger partial charge on any atom is 0.272 e. The highest BCUT2D eigenvalue weighted by molar-refractivity contribution is 6.31.